The van der Waals surface area contributed by atoms with Crippen molar-refractivity contribution in [3.05, 3.63) is 89.3 Å². The predicted octanol–water partition coefficient (Wildman–Crippen LogP) is 3.32. The molecule has 2 N–H and O–H groups in total. The minimum Gasteiger partial charge on any atom is -0.459 e. The largest absolute Gasteiger partial charge is 0.459 e. The zero-order chi connectivity index (χ0) is 18.8. The number of benzene rings is 2. The molecule has 3 aromatic rings. The van der Waals surface area contributed by atoms with E-state index in [1.165, 1.54) is 6.26 Å². The number of carbonyl (C=O) groups excluding carboxylic acids is 2. The average molecular weight is 382 g/mol. The van der Waals surface area contributed by atoms with Crippen LogP contribution in [0.5, 0.6) is 0 Å². The van der Waals surface area contributed by atoms with Crippen molar-refractivity contribution in [1.29, 1.82) is 0 Å². The molecule has 1 saturated heterocycles. The van der Waals surface area contributed by atoms with E-state index in [-0.39, 0.29) is 11.7 Å². The molecule has 0 radical (unpaired) electrons. The first-order chi connectivity index (χ1) is 13.1. The van der Waals surface area contributed by atoms with E-state index < -0.39 is 18.0 Å². The van der Waals surface area contributed by atoms with Gasteiger partial charge in [0.2, 0.25) is 0 Å². The Morgan fingerprint density at radius 2 is 1.78 bits per heavy atom. The third-order valence-electron chi connectivity index (χ3n) is 4.38. The normalized spacial score (nSPS) is 19.0. The van der Waals surface area contributed by atoms with E-state index in [0.29, 0.717) is 5.02 Å². The molecular weight excluding hydrogens is 366 g/mol. The highest BCUT2D eigenvalue weighted by Gasteiger charge is 2.43. The van der Waals surface area contributed by atoms with Gasteiger partial charge in [0.25, 0.3) is 11.8 Å². The van der Waals surface area contributed by atoms with Crippen molar-refractivity contribution < 1.29 is 14.0 Å². The van der Waals surface area contributed by atoms with Gasteiger partial charge in [0.05, 0.1) is 12.0 Å². The van der Waals surface area contributed by atoms with E-state index >= 15 is 0 Å². The fourth-order valence-corrected chi connectivity index (χ4v) is 3.26. The molecule has 1 aliphatic heterocycles. The number of rotatable bonds is 4. The van der Waals surface area contributed by atoms with Crippen LogP contribution in [0.25, 0.3) is 0 Å². The Bertz CT molecular complexity index is 942. The Morgan fingerprint density at radius 3 is 2.44 bits per heavy atom. The summed E-state index contributed by atoms with van der Waals surface area (Å²) in [6.45, 7) is 0. The third kappa shape index (κ3) is 3.39. The molecule has 0 aliphatic carbocycles. The molecular formula is C20H16ClN3O3. The Morgan fingerprint density at radius 1 is 1.04 bits per heavy atom. The maximum absolute atomic E-state index is 12.7. The van der Waals surface area contributed by atoms with Crippen LogP contribution >= 0.6 is 11.6 Å². The summed E-state index contributed by atoms with van der Waals surface area (Å²) < 4.78 is 5.13. The van der Waals surface area contributed by atoms with Crippen molar-refractivity contribution in [1.82, 2.24) is 10.7 Å². The van der Waals surface area contributed by atoms with Gasteiger partial charge < -0.3 is 9.73 Å². The van der Waals surface area contributed by atoms with Crippen molar-refractivity contribution in [2.75, 3.05) is 5.01 Å². The van der Waals surface area contributed by atoms with Crippen molar-refractivity contribution in [2.45, 2.75) is 12.1 Å². The van der Waals surface area contributed by atoms with Gasteiger partial charge in [-0.2, -0.15) is 0 Å². The van der Waals surface area contributed by atoms with Gasteiger partial charge >= 0.3 is 0 Å². The standard InChI is InChI=1S/C20H16ClN3O3/c21-14-10-8-13(9-11-14)18-17(22-19(25)16-7-4-12-27-16)20(26)23-24(18)15-5-2-1-3-6-15/h1-12,17-18H,(H,22,25)(H,23,26)/t17-,18+/m0/s1. The summed E-state index contributed by atoms with van der Waals surface area (Å²) in [7, 11) is 0. The van der Waals surface area contributed by atoms with Gasteiger partial charge in [-0.3, -0.25) is 20.0 Å². The number of anilines is 1. The zero-order valence-corrected chi connectivity index (χ0v) is 14.9. The summed E-state index contributed by atoms with van der Waals surface area (Å²) in [6.07, 6.45) is 1.41. The second-order valence-electron chi connectivity index (χ2n) is 6.11. The van der Waals surface area contributed by atoms with Gasteiger partial charge in [-0.05, 0) is 42.0 Å². The smallest absolute Gasteiger partial charge is 0.287 e. The molecule has 0 unspecified atom stereocenters. The number of hydrogen-bond acceptors (Lipinski definition) is 4. The van der Waals surface area contributed by atoms with Crippen molar-refractivity contribution in [3.63, 3.8) is 0 Å². The molecule has 1 aromatic heterocycles. The highest BCUT2D eigenvalue weighted by atomic mass is 35.5. The van der Waals surface area contributed by atoms with E-state index in [0.717, 1.165) is 11.3 Å². The predicted molar refractivity (Wildman–Crippen MR) is 101 cm³/mol. The number of furan rings is 1. The fraction of sp³-hybridized carbons (Fsp3) is 0.100. The second-order valence-corrected chi connectivity index (χ2v) is 6.54. The first-order valence-electron chi connectivity index (χ1n) is 8.38. The molecule has 1 aliphatic rings. The summed E-state index contributed by atoms with van der Waals surface area (Å²) in [6, 6.07) is 18.6. The minimum absolute atomic E-state index is 0.149. The molecule has 2 amide bonds. The second kappa shape index (κ2) is 7.17. The van der Waals surface area contributed by atoms with Crippen LogP contribution in [-0.4, -0.2) is 17.9 Å². The zero-order valence-electron chi connectivity index (χ0n) is 14.1. The van der Waals surface area contributed by atoms with Crippen molar-refractivity contribution in [2.24, 2.45) is 0 Å². The van der Waals surface area contributed by atoms with Gasteiger partial charge in [0.1, 0.15) is 12.1 Å². The van der Waals surface area contributed by atoms with Crippen LogP contribution in [-0.2, 0) is 4.79 Å². The van der Waals surface area contributed by atoms with E-state index in [9.17, 15) is 9.59 Å². The first kappa shape index (κ1) is 17.2. The summed E-state index contributed by atoms with van der Waals surface area (Å²) in [4.78, 5) is 25.1. The molecule has 2 atom stereocenters. The first-order valence-corrected chi connectivity index (χ1v) is 8.76. The summed E-state index contributed by atoms with van der Waals surface area (Å²) in [5, 5.41) is 5.12. The number of amides is 2. The van der Waals surface area contributed by atoms with E-state index in [1.54, 1.807) is 29.3 Å². The van der Waals surface area contributed by atoms with Gasteiger partial charge in [-0.25, -0.2) is 0 Å². The maximum Gasteiger partial charge on any atom is 0.287 e. The number of nitrogens with zero attached hydrogens (tertiary/aromatic N) is 1. The average Bonchev–Trinajstić information content (AvgIpc) is 3.33. The molecule has 27 heavy (non-hydrogen) atoms. The lowest BCUT2D eigenvalue weighted by Crippen LogP contribution is -2.43. The molecule has 2 aromatic carbocycles. The van der Waals surface area contributed by atoms with Crippen LogP contribution < -0.4 is 15.8 Å². The number of hydrazine groups is 1. The third-order valence-corrected chi connectivity index (χ3v) is 4.64. The topological polar surface area (TPSA) is 74.6 Å². The fourth-order valence-electron chi connectivity index (χ4n) is 3.13. The van der Waals surface area contributed by atoms with Crippen LogP contribution in [0.1, 0.15) is 22.2 Å². The molecule has 0 spiro atoms. The Balaban J connectivity index is 1.70. The number of nitrogens with one attached hydrogen (secondary N) is 2. The van der Waals surface area contributed by atoms with Gasteiger partial charge in [-0.1, -0.05) is 41.9 Å². The van der Waals surface area contributed by atoms with Gasteiger partial charge in [0, 0.05) is 5.02 Å². The van der Waals surface area contributed by atoms with Crippen LogP contribution in [0.15, 0.2) is 77.4 Å². The van der Waals surface area contributed by atoms with Crippen LogP contribution in [0.2, 0.25) is 5.02 Å². The summed E-state index contributed by atoms with van der Waals surface area (Å²) >= 11 is 6.01. The molecule has 0 bridgehead atoms. The van der Waals surface area contributed by atoms with E-state index in [1.807, 2.05) is 42.5 Å². The molecule has 0 saturated carbocycles. The van der Waals surface area contributed by atoms with Crippen LogP contribution in [0, 0.1) is 0 Å². The Hall–Kier alpha value is -3.25. The lowest BCUT2D eigenvalue weighted by Gasteiger charge is -2.28. The van der Waals surface area contributed by atoms with Crippen LogP contribution in [0.3, 0.4) is 0 Å². The maximum atomic E-state index is 12.7. The highest BCUT2D eigenvalue weighted by molar-refractivity contribution is 6.30. The Kier molecular flexibility index (Phi) is 4.56. The molecule has 4 rings (SSSR count). The van der Waals surface area contributed by atoms with E-state index in [2.05, 4.69) is 10.7 Å². The van der Waals surface area contributed by atoms with Crippen LogP contribution in [0.4, 0.5) is 5.69 Å². The van der Waals surface area contributed by atoms with E-state index in [4.69, 9.17) is 16.0 Å². The minimum atomic E-state index is -0.802. The Labute approximate surface area is 160 Å². The molecule has 2 heterocycles. The molecule has 1 fully saturated rings. The quantitative estimate of drug-likeness (QED) is 0.727. The number of carbonyl (C=O) groups is 2. The van der Waals surface area contributed by atoms with Gasteiger partial charge in [-0.15, -0.1) is 0 Å². The molecule has 6 nitrogen and oxygen atoms in total. The summed E-state index contributed by atoms with van der Waals surface area (Å²) in [5.41, 5.74) is 4.50. The number of halogens is 1. The molecule has 7 heteroatoms. The summed E-state index contributed by atoms with van der Waals surface area (Å²) in [5.74, 6) is -0.608. The SMILES string of the molecule is O=C(N[C@@H]1C(=O)NN(c2ccccc2)[C@@H]1c1ccc(Cl)cc1)c1ccco1. The monoisotopic (exact) mass is 381 g/mol. The lowest BCUT2D eigenvalue weighted by atomic mass is 9.99. The lowest BCUT2D eigenvalue weighted by molar-refractivity contribution is -0.120. The van der Waals surface area contributed by atoms with Crippen molar-refractivity contribution >= 4 is 29.1 Å². The van der Waals surface area contributed by atoms with Crippen molar-refractivity contribution in [3.8, 4) is 0 Å². The highest BCUT2D eigenvalue weighted by Crippen LogP contribution is 2.33. The van der Waals surface area contributed by atoms with Gasteiger partial charge in [0.15, 0.2) is 5.76 Å². The number of para-hydroxylation sites is 1. The molecule has 136 valence electrons. The number of hydrogen-bond donors (Lipinski definition) is 2.